The molecule has 1 unspecified atom stereocenters. The summed E-state index contributed by atoms with van der Waals surface area (Å²) in [6.45, 7) is 1.69. The Morgan fingerprint density at radius 3 is 2.30 bits per heavy atom. The van der Waals surface area contributed by atoms with Crippen LogP contribution in [-0.4, -0.2) is 15.9 Å². The molecule has 2 aromatic carbocycles. The summed E-state index contributed by atoms with van der Waals surface area (Å²) in [6, 6.07) is 5.22. The number of carbonyl (C=O) groups is 1. The van der Waals surface area contributed by atoms with Crippen LogP contribution in [0.25, 0.3) is 0 Å². The van der Waals surface area contributed by atoms with Crippen molar-refractivity contribution in [2.75, 3.05) is 11.2 Å². The van der Waals surface area contributed by atoms with Gasteiger partial charge in [0.25, 0.3) is 5.91 Å². The number of nitrogens with one attached hydrogen (secondary N) is 2. The van der Waals surface area contributed by atoms with Gasteiger partial charge in [-0.25, -0.2) is 0 Å². The number of rotatable bonds is 5. The second kappa shape index (κ2) is 8.68. The van der Waals surface area contributed by atoms with Crippen molar-refractivity contribution in [2.45, 2.75) is 18.0 Å². The molecule has 0 fully saturated rings. The molecule has 0 saturated carbocycles. The Labute approximate surface area is 170 Å². The monoisotopic (exact) mass is 458 g/mol. The third kappa shape index (κ3) is 5.51. The summed E-state index contributed by atoms with van der Waals surface area (Å²) in [5.41, 5.74) is 3.59. The van der Waals surface area contributed by atoms with Crippen molar-refractivity contribution in [3.05, 3.63) is 56.5 Å². The molecule has 0 bridgehead atoms. The van der Waals surface area contributed by atoms with Crippen LogP contribution in [-0.2, 0) is 17.0 Å². The molecule has 0 aliphatic rings. The normalized spacial score (nSPS) is 12.6. The Balaban J connectivity index is 2.27. The van der Waals surface area contributed by atoms with E-state index in [1.165, 1.54) is 12.1 Å². The molecule has 0 heterocycles. The zero-order valence-corrected chi connectivity index (χ0v) is 16.7. The van der Waals surface area contributed by atoms with Crippen molar-refractivity contribution >= 4 is 57.2 Å². The Kier molecular flexibility index (Phi) is 7.02. The van der Waals surface area contributed by atoms with Gasteiger partial charge in [0.2, 0.25) is 0 Å². The molecule has 11 heteroatoms. The van der Waals surface area contributed by atoms with Crippen LogP contribution in [0.3, 0.4) is 0 Å². The lowest BCUT2D eigenvalue weighted by Crippen LogP contribution is -2.30. The Morgan fingerprint density at radius 2 is 1.70 bits per heavy atom. The molecular weight excluding hydrogens is 448 g/mol. The summed E-state index contributed by atoms with van der Waals surface area (Å²) in [5, 5.41) is 0.0830. The molecule has 27 heavy (non-hydrogen) atoms. The SMILES string of the molecule is CCS(=O)c1cc(Cl)c(Cl)cc1NNC(=O)c1cc(Cl)cc(C(F)(F)F)c1. The predicted molar refractivity (Wildman–Crippen MR) is 101 cm³/mol. The lowest BCUT2D eigenvalue weighted by molar-refractivity contribution is -0.137. The standard InChI is InChI=1S/C16H12Cl3F3N2O2S/c1-2-27(26)14-7-12(19)11(18)6-13(14)23-24-15(25)8-3-9(16(20,21)22)5-10(17)4-8/h3-7,23H,2H2,1H3,(H,24,25). The van der Waals surface area contributed by atoms with Gasteiger partial charge in [0.05, 0.1) is 37.0 Å². The lowest BCUT2D eigenvalue weighted by Gasteiger charge is -2.14. The van der Waals surface area contributed by atoms with Gasteiger partial charge in [-0.05, 0) is 30.3 Å². The summed E-state index contributed by atoms with van der Waals surface area (Å²) < 4.78 is 50.7. The number of alkyl halides is 3. The highest BCUT2D eigenvalue weighted by Gasteiger charge is 2.31. The fourth-order valence-corrected chi connectivity index (χ4v) is 3.59. The van der Waals surface area contributed by atoms with Crippen molar-refractivity contribution in [2.24, 2.45) is 0 Å². The minimum Gasteiger partial charge on any atom is -0.297 e. The van der Waals surface area contributed by atoms with Gasteiger partial charge in [-0.1, -0.05) is 41.7 Å². The predicted octanol–water partition coefficient (Wildman–Crippen LogP) is 5.55. The van der Waals surface area contributed by atoms with Gasteiger partial charge in [-0.15, -0.1) is 0 Å². The fraction of sp³-hybridized carbons (Fsp3) is 0.188. The summed E-state index contributed by atoms with van der Waals surface area (Å²) in [6.07, 6.45) is -4.65. The largest absolute Gasteiger partial charge is 0.416 e. The number of hydrogen-bond donors (Lipinski definition) is 2. The molecule has 1 atom stereocenters. The van der Waals surface area contributed by atoms with E-state index in [9.17, 15) is 22.2 Å². The molecule has 4 nitrogen and oxygen atoms in total. The number of benzene rings is 2. The van der Waals surface area contributed by atoms with Gasteiger partial charge >= 0.3 is 6.18 Å². The number of hydrazine groups is 1. The third-order valence-corrected chi connectivity index (χ3v) is 5.62. The zero-order chi connectivity index (χ0) is 20.4. The highest BCUT2D eigenvalue weighted by Crippen LogP contribution is 2.33. The Morgan fingerprint density at radius 1 is 1.07 bits per heavy atom. The van der Waals surface area contributed by atoms with Crippen LogP contribution in [0.15, 0.2) is 35.2 Å². The van der Waals surface area contributed by atoms with Gasteiger partial charge in [-0.2, -0.15) is 13.2 Å². The van der Waals surface area contributed by atoms with Crippen molar-refractivity contribution in [1.29, 1.82) is 0 Å². The lowest BCUT2D eigenvalue weighted by atomic mass is 10.1. The molecular formula is C16H12Cl3F3N2O2S. The number of amides is 1. The molecule has 2 aromatic rings. The molecule has 0 radical (unpaired) electrons. The maximum Gasteiger partial charge on any atom is 0.416 e. The first-order valence-corrected chi connectivity index (χ1v) is 9.79. The number of carbonyl (C=O) groups excluding carboxylic acids is 1. The van der Waals surface area contributed by atoms with Crippen LogP contribution in [0.5, 0.6) is 0 Å². The van der Waals surface area contributed by atoms with E-state index >= 15 is 0 Å². The van der Waals surface area contributed by atoms with E-state index in [2.05, 4.69) is 10.9 Å². The van der Waals surface area contributed by atoms with E-state index < -0.39 is 28.4 Å². The van der Waals surface area contributed by atoms with Gasteiger partial charge in [-0.3, -0.25) is 19.9 Å². The number of hydrogen-bond acceptors (Lipinski definition) is 3. The molecule has 2 rings (SSSR count). The van der Waals surface area contributed by atoms with E-state index in [1.807, 2.05) is 0 Å². The van der Waals surface area contributed by atoms with E-state index in [1.54, 1.807) is 6.92 Å². The highest BCUT2D eigenvalue weighted by atomic mass is 35.5. The highest BCUT2D eigenvalue weighted by molar-refractivity contribution is 7.85. The first-order valence-electron chi connectivity index (χ1n) is 7.34. The zero-order valence-electron chi connectivity index (χ0n) is 13.6. The topological polar surface area (TPSA) is 58.2 Å². The van der Waals surface area contributed by atoms with Crippen molar-refractivity contribution in [3.8, 4) is 0 Å². The average molecular weight is 460 g/mol. The molecule has 0 saturated heterocycles. The van der Waals surface area contributed by atoms with Crippen LogP contribution in [0.1, 0.15) is 22.8 Å². The fourth-order valence-electron chi connectivity index (χ4n) is 2.05. The second-order valence-corrected chi connectivity index (χ2v) is 8.16. The second-order valence-electron chi connectivity index (χ2n) is 5.20. The molecule has 0 aromatic heterocycles. The average Bonchev–Trinajstić information content (AvgIpc) is 2.60. The minimum atomic E-state index is -4.65. The summed E-state index contributed by atoms with van der Waals surface area (Å²) in [7, 11) is -1.43. The molecule has 2 N–H and O–H groups in total. The maximum absolute atomic E-state index is 12.9. The molecule has 146 valence electrons. The molecule has 0 aliphatic carbocycles. The van der Waals surface area contributed by atoms with Crippen LogP contribution in [0, 0.1) is 0 Å². The first-order chi connectivity index (χ1) is 12.5. The first kappa shape index (κ1) is 21.8. The maximum atomic E-state index is 12.9. The van der Waals surface area contributed by atoms with Gasteiger partial charge < -0.3 is 0 Å². The van der Waals surface area contributed by atoms with E-state index in [0.717, 1.165) is 6.07 Å². The van der Waals surface area contributed by atoms with Crippen LogP contribution in [0.4, 0.5) is 18.9 Å². The molecule has 0 spiro atoms. The smallest absolute Gasteiger partial charge is 0.297 e. The summed E-state index contributed by atoms with van der Waals surface area (Å²) in [5.74, 6) is -0.591. The quantitative estimate of drug-likeness (QED) is 0.576. The van der Waals surface area contributed by atoms with Crippen LogP contribution < -0.4 is 10.9 Å². The van der Waals surface area contributed by atoms with Gasteiger partial charge in [0.15, 0.2) is 0 Å². The third-order valence-electron chi connectivity index (χ3n) is 3.33. The molecule has 1 amide bonds. The Bertz CT molecular complexity index is 907. The van der Waals surface area contributed by atoms with E-state index in [4.69, 9.17) is 34.8 Å². The summed E-state index contributed by atoms with van der Waals surface area (Å²) >= 11 is 17.5. The number of anilines is 1. The van der Waals surface area contributed by atoms with E-state index in [0.29, 0.717) is 12.1 Å². The van der Waals surface area contributed by atoms with Crippen molar-refractivity contribution in [3.63, 3.8) is 0 Å². The van der Waals surface area contributed by atoms with E-state index in [-0.39, 0.29) is 37.0 Å². The Hall–Kier alpha value is -1.48. The minimum absolute atomic E-state index is 0.146. The van der Waals surface area contributed by atoms with Gasteiger partial charge in [0.1, 0.15) is 0 Å². The van der Waals surface area contributed by atoms with Gasteiger partial charge in [0, 0.05) is 16.3 Å². The van der Waals surface area contributed by atoms with Crippen LogP contribution in [0.2, 0.25) is 15.1 Å². The van der Waals surface area contributed by atoms with Crippen molar-refractivity contribution in [1.82, 2.24) is 5.43 Å². The summed E-state index contributed by atoms with van der Waals surface area (Å²) in [4.78, 5) is 12.5. The van der Waals surface area contributed by atoms with Crippen molar-refractivity contribution < 1.29 is 22.2 Å². The number of halogens is 6. The van der Waals surface area contributed by atoms with Crippen LogP contribution >= 0.6 is 34.8 Å². The molecule has 0 aliphatic heterocycles.